The van der Waals surface area contributed by atoms with Gasteiger partial charge in [0.2, 0.25) is 0 Å². The van der Waals surface area contributed by atoms with Crippen molar-refractivity contribution < 1.29 is 8.78 Å². The molecular weight excluding hydrogens is 270 g/mol. The molecule has 14 heavy (non-hydrogen) atoms. The second-order valence-corrected chi connectivity index (χ2v) is 5.06. The van der Waals surface area contributed by atoms with Gasteiger partial charge in [-0.05, 0) is 36.1 Å². The number of hydrogen-bond acceptors (Lipinski definition) is 1. The molecule has 0 aliphatic heterocycles. The first-order valence-electron chi connectivity index (χ1n) is 4.05. The Balaban J connectivity index is 2.66. The lowest BCUT2D eigenvalue weighted by Gasteiger charge is -1.96. The van der Waals surface area contributed by atoms with Crippen LogP contribution in [0.25, 0.3) is 10.1 Å². The van der Waals surface area contributed by atoms with Crippen molar-refractivity contribution in [2.45, 2.75) is 13.3 Å². The number of hydrogen-bond donors (Lipinski definition) is 0. The van der Waals surface area contributed by atoms with Crippen molar-refractivity contribution in [3.8, 4) is 0 Å². The Hall–Kier alpha value is -0.480. The Morgan fingerprint density at radius 2 is 2.00 bits per heavy atom. The average molecular weight is 277 g/mol. The molecule has 1 aromatic carbocycles. The highest BCUT2D eigenvalue weighted by atomic mass is 79.9. The summed E-state index contributed by atoms with van der Waals surface area (Å²) in [6, 6.07) is 5.37. The van der Waals surface area contributed by atoms with E-state index in [1.54, 1.807) is 6.07 Å². The fourth-order valence-corrected chi connectivity index (χ4v) is 2.74. The van der Waals surface area contributed by atoms with Crippen molar-refractivity contribution in [1.82, 2.24) is 0 Å². The monoisotopic (exact) mass is 276 g/mol. The normalized spacial score (nSPS) is 11.5. The zero-order valence-electron chi connectivity index (χ0n) is 7.35. The van der Waals surface area contributed by atoms with Crippen LogP contribution in [0.15, 0.2) is 22.7 Å². The fourth-order valence-electron chi connectivity index (χ4n) is 1.30. The highest BCUT2D eigenvalue weighted by molar-refractivity contribution is 9.10. The van der Waals surface area contributed by atoms with Crippen LogP contribution in [0, 0.1) is 6.92 Å². The van der Waals surface area contributed by atoms with Gasteiger partial charge in [-0.1, -0.05) is 15.9 Å². The summed E-state index contributed by atoms with van der Waals surface area (Å²) in [6.07, 6.45) is -2.37. The first-order valence-corrected chi connectivity index (χ1v) is 5.66. The molecule has 0 N–H and O–H groups in total. The predicted octanol–water partition coefficient (Wildman–Crippen LogP) is 4.91. The fraction of sp³-hybridized carbons (Fsp3) is 0.200. The zero-order valence-corrected chi connectivity index (χ0v) is 9.75. The van der Waals surface area contributed by atoms with Crippen molar-refractivity contribution in [2.75, 3.05) is 0 Å². The van der Waals surface area contributed by atoms with Crippen molar-refractivity contribution >= 4 is 37.4 Å². The Bertz CT molecular complexity index is 437. The molecule has 0 fully saturated rings. The highest BCUT2D eigenvalue weighted by Gasteiger charge is 2.11. The van der Waals surface area contributed by atoms with Gasteiger partial charge in [-0.2, -0.15) is 0 Å². The lowest BCUT2D eigenvalue weighted by Crippen LogP contribution is -1.73. The second kappa shape index (κ2) is 3.59. The largest absolute Gasteiger partial charge is 0.272 e. The molecule has 0 saturated heterocycles. The first kappa shape index (κ1) is 10.1. The molecule has 0 atom stereocenters. The molecule has 0 nitrogen and oxygen atoms in total. The molecule has 0 aliphatic rings. The second-order valence-electron chi connectivity index (χ2n) is 3.09. The van der Waals surface area contributed by atoms with Crippen LogP contribution in [0.2, 0.25) is 0 Å². The number of alkyl halides is 2. The molecule has 0 spiro atoms. The van der Waals surface area contributed by atoms with Gasteiger partial charge in [-0.25, -0.2) is 8.78 Å². The van der Waals surface area contributed by atoms with E-state index in [0.717, 1.165) is 31.5 Å². The summed E-state index contributed by atoms with van der Waals surface area (Å²) in [7, 11) is 0. The van der Waals surface area contributed by atoms with Crippen LogP contribution in [0.4, 0.5) is 8.78 Å². The molecule has 0 saturated carbocycles. The smallest absolute Gasteiger partial charge is 0.204 e. The number of benzene rings is 1. The molecular formula is C10H7BrF2S. The van der Waals surface area contributed by atoms with Crippen LogP contribution in [-0.4, -0.2) is 0 Å². The van der Waals surface area contributed by atoms with Crippen LogP contribution in [0.3, 0.4) is 0 Å². The van der Waals surface area contributed by atoms with E-state index in [1.165, 1.54) is 0 Å². The predicted molar refractivity (Wildman–Crippen MR) is 59.2 cm³/mol. The van der Waals surface area contributed by atoms with Crippen molar-refractivity contribution in [3.63, 3.8) is 0 Å². The molecule has 0 amide bonds. The van der Waals surface area contributed by atoms with E-state index >= 15 is 0 Å². The zero-order chi connectivity index (χ0) is 10.3. The van der Waals surface area contributed by atoms with Gasteiger partial charge in [0.15, 0.2) is 0 Å². The van der Waals surface area contributed by atoms with Gasteiger partial charge in [0.05, 0.1) is 4.88 Å². The highest BCUT2D eigenvalue weighted by Crippen LogP contribution is 2.35. The van der Waals surface area contributed by atoms with E-state index in [-0.39, 0.29) is 4.88 Å². The topological polar surface area (TPSA) is 0 Å². The number of thiophene rings is 1. The van der Waals surface area contributed by atoms with E-state index < -0.39 is 6.43 Å². The molecule has 1 aromatic heterocycles. The summed E-state index contributed by atoms with van der Waals surface area (Å²) < 4.78 is 26.7. The maximum Gasteiger partial charge on any atom is 0.272 e. The molecule has 4 heteroatoms. The van der Waals surface area contributed by atoms with Gasteiger partial charge < -0.3 is 0 Å². The lowest BCUT2D eigenvalue weighted by molar-refractivity contribution is 0.156. The summed E-state index contributed by atoms with van der Waals surface area (Å²) in [5.74, 6) is 0. The molecule has 2 rings (SSSR count). The maximum absolute atomic E-state index is 12.4. The van der Waals surface area contributed by atoms with Crippen molar-refractivity contribution in [1.29, 1.82) is 0 Å². The van der Waals surface area contributed by atoms with Crippen LogP contribution >= 0.6 is 27.3 Å². The molecule has 0 bridgehead atoms. The van der Waals surface area contributed by atoms with E-state index in [2.05, 4.69) is 15.9 Å². The van der Waals surface area contributed by atoms with E-state index in [1.807, 2.05) is 19.1 Å². The maximum atomic E-state index is 12.4. The van der Waals surface area contributed by atoms with Crippen LogP contribution in [0.5, 0.6) is 0 Å². The van der Waals surface area contributed by atoms with Gasteiger partial charge in [0.1, 0.15) is 0 Å². The quantitative estimate of drug-likeness (QED) is 0.694. The minimum Gasteiger partial charge on any atom is -0.204 e. The Kier molecular flexibility index (Phi) is 2.58. The van der Waals surface area contributed by atoms with E-state index in [0.29, 0.717) is 0 Å². The van der Waals surface area contributed by atoms with E-state index in [4.69, 9.17) is 0 Å². The van der Waals surface area contributed by atoms with Crippen molar-refractivity contribution in [3.05, 3.63) is 33.1 Å². The minimum absolute atomic E-state index is 0.137. The number of fused-ring (bicyclic) bond motifs is 1. The number of aryl methyl sites for hydroxylation is 1. The Morgan fingerprint density at radius 1 is 1.29 bits per heavy atom. The van der Waals surface area contributed by atoms with Gasteiger partial charge >= 0.3 is 0 Å². The number of rotatable bonds is 1. The van der Waals surface area contributed by atoms with Crippen LogP contribution in [-0.2, 0) is 0 Å². The van der Waals surface area contributed by atoms with Gasteiger partial charge in [-0.15, -0.1) is 11.3 Å². The summed E-state index contributed by atoms with van der Waals surface area (Å²) >= 11 is 4.53. The Morgan fingerprint density at radius 3 is 2.64 bits per heavy atom. The molecule has 1 heterocycles. The standard InChI is InChI=1S/C10H7BrF2S/c1-5-2-6-3-9(10(12)13)14-8(6)4-7(5)11/h2-4,10H,1H3. The Labute approximate surface area is 92.7 Å². The minimum atomic E-state index is -2.37. The first-order chi connectivity index (χ1) is 6.58. The van der Waals surface area contributed by atoms with E-state index in [9.17, 15) is 8.78 Å². The molecule has 0 unspecified atom stereocenters. The van der Waals surface area contributed by atoms with Crippen molar-refractivity contribution in [2.24, 2.45) is 0 Å². The molecule has 0 aliphatic carbocycles. The summed E-state index contributed by atoms with van der Waals surface area (Å²) in [5.41, 5.74) is 1.07. The SMILES string of the molecule is Cc1cc2cc(C(F)F)sc2cc1Br. The van der Waals surface area contributed by atoms with Crippen LogP contribution in [0.1, 0.15) is 16.9 Å². The van der Waals surface area contributed by atoms with Gasteiger partial charge in [-0.3, -0.25) is 0 Å². The third-order valence-electron chi connectivity index (χ3n) is 2.03. The summed E-state index contributed by atoms with van der Waals surface area (Å²) in [6.45, 7) is 1.95. The summed E-state index contributed by atoms with van der Waals surface area (Å²) in [5, 5.41) is 0.894. The van der Waals surface area contributed by atoms with Crippen LogP contribution < -0.4 is 0 Å². The molecule has 74 valence electrons. The lowest BCUT2D eigenvalue weighted by atomic mass is 10.2. The third-order valence-corrected chi connectivity index (χ3v) is 3.99. The van der Waals surface area contributed by atoms with Gasteiger partial charge in [0.25, 0.3) is 6.43 Å². The average Bonchev–Trinajstić information content (AvgIpc) is 2.48. The molecule has 2 aromatic rings. The van der Waals surface area contributed by atoms with Gasteiger partial charge in [0, 0.05) is 9.17 Å². The molecule has 0 radical (unpaired) electrons. The summed E-state index contributed by atoms with van der Waals surface area (Å²) in [4.78, 5) is 0.137. The number of halogens is 3. The third kappa shape index (κ3) is 1.68.